The van der Waals surface area contributed by atoms with Crippen molar-refractivity contribution < 1.29 is 13.2 Å². The van der Waals surface area contributed by atoms with E-state index in [4.69, 9.17) is 0 Å². The number of carbonyl (C=O) groups is 1. The van der Waals surface area contributed by atoms with Gasteiger partial charge in [-0.3, -0.25) is 9.52 Å². The summed E-state index contributed by atoms with van der Waals surface area (Å²) in [5, 5.41) is 2.87. The zero-order valence-electron chi connectivity index (χ0n) is 17.1. The summed E-state index contributed by atoms with van der Waals surface area (Å²) < 4.78 is 27.9. The maximum atomic E-state index is 12.7. The molecular weight excluding hydrogens is 396 g/mol. The first-order valence-electron chi connectivity index (χ1n) is 9.92. The second kappa shape index (κ2) is 9.59. The number of nitrogens with one attached hydrogen (secondary N) is 2. The summed E-state index contributed by atoms with van der Waals surface area (Å²) in [5.41, 5.74) is 2.87. The van der Waals surface area contributed by atoms with Crippen molar-refractivity contribution in [3.63, 3.8) is 0 Å². The van der Waals surface area contributed by atoms with Gasteiger partial charge in [-0.2, -0.15) is 0 Å². The Bertz CT molecular complexity index is 1080. The number of hydrogen-bond donors (Lipinski definition) is 2. The van der Waals surface area contributed by atoms with E-state index in [1.807, 2.05) is 30.3 Å². The van der Waals surface area contributed by atoms with Gasteiger partial charge in [0.25, 0.3) is 15.9 Å². The second-order valence-electron chi connectivity index (χ2n) is 7.51. The summed E-state index contributed by atoms with van der Waals surface area (Å²) in [5.74, 6) is 0.352. The number of rotatable bonds is 8. The lowest BCUT2D eigenvalue weighted by Crippen LogP contribution is -2.25. The van der Waals surface area contributed by atoms with Gasteiger partial charge >= 0.3 is 0 Å². The van der Waals surface area contributed by atoms with Crippen molar-refractivity contribution in [1.82, 2.24) is 5.32 Å². The van der Waals surface area contributed by atoms with Crippen LogP contribution in [0.15, 0.2) is 83.8 Å². The topological polar surface area (TPSA) is 75.3 Å². The molecule has 0 spiro atoms. The van der Waals surface area contributed by atoms with Gasteiger partial charge < -0.3 is 5.32 Å². The molecule has 6 heteroatoms. The fourth-order valence-corrected chi connectivity index (χ4v) is 4.00. The SMILES string of the molecule is CC(C)CCNC(=O)c1ccc(NS(=O)(=O)c2ccc(-c3ccccc3)cc2)cc1. The molecule has 0 aromatic heterocycles. The van der Waals surface area contributed by atoms with E-state index in [9.17, 15) is 13.2 Å². The average molecular weight is 423 g/mol. The van der Waals surface area contributed by atoms with Crippen molar-refractivity contribution in [2.45, 2.75) is 25.2 Å². The first-order valence-corrected chi connectivity index (χ1v) is 11.4. The molecule has 156 valence electrons. The van der Waals surface area contributed by atoms with Gasteiger partial charge in [0.1, 0.15) is 0 Å². The number of amides is 1. The van der Waals surface area contributed by atoms with Gasteiger partial charge in [-0.1, -0.05) is 56.3 Å². The quantitative estimate of drug-likeness (QED) is 0.540. The molecule has 0 bridgehead atoms. The summed E-state index contributed by atoms with van der Waals surface area (Å²) in [7, 11) is -3.72. The van der Waals surface area contributed by atoms with E-state index in [1.54, 1.807) is 48.5 Å². The molecular formula is C24H26N2O3S. The molecule has 0 aliphatic heterocycles. The van der Waals surface area contributed by atoms with Crippen LogP contribution in [-0.2, 0) is 10.0 Å². The van der Waals surface area contributed by atoms with E-state index >= 15 is 0 Å². The van der Waals surface area contributed by atoms with Gasteiger partial charge in [0, 0.05) is 17.8 Å². The Morgan fingerprint density at radius 1 is 0.833 bits per heavy atom. The number of benzene rings is 3. The summed E-state index contributed by atoms with van der Waals surface area (Å²) in [6, 6.07) is 22.9. The third-order valence-corrected chi connectivity index (χ3v) is 6.08. The van der Waals surface area contributed by atoms with Gasteiger partial charge in [0.15, 0.2) is 0 Å². The second-order valence-corrected chi connectivity index (χ2v) is 9.19. The Hall–Kier alpha value is -3.12. The largest absolute Gasteiger partial charge is 0.352 e. The summed E-state index contributed by atoms with van der Waals surface area (Å²) in [4.78, 5) is 12.3. The lowest BCUT2D eigenvalue weighted by molar-refractivity contribution is 0.0952. The molecule has 0 aliphatic carbocycles. The molecule has 0 radical (unpaired) electrons. The highest BCUT2D eigenvalue weighted by Gasteiger charge is 2.15. The highest BCUT2D eigenvalue weighted by Crippen LogP contribution is 2.22. The van der Waals surface area contributed by atoms with Gasteiger partial charge in [0.05, 0.1) is 4.90 Å². The van der Waals surface area contributed by atoms with Crippen LogP contribution < -0.4 is 10.0 Å². The van der Waals surface area contributed by atoms with E-state index in [1.165, 1.54) is 0 Å². The molecule has 3 rings (SSSR count). The maximum absolute atomic E-state index is 12.7. The van der Waals surface area contributed by atoms with Crippen molar-refractivity contribution >= 4 is 21.6 Å². The fraction of sp³-hybridized carbons (Fsp3) is 0.208. The highest BCUT2D eigenvalue weighted by molar-refractivity contribution is 7.92. The van der Waals surface area contributed by atoms with Crippen LogP contribution in [0.1, 0.15) is 30.6 Å². The Morgan fingerprint density at radius 2 is 1.43 bits per heavy atom. The van der Waals surface area contributed by atoms with Crippen LogP contribution in [-0.4, -0.2) is 20.9 Å². The lowest BCUT2D eigenvalue weighted by atomic mass is 10.1. The number of sulfonamides is 1. The van der Waals surface area contributed by atoms with Crippen LogP contribution in [0.3, 0.4) is 0 Å². The molecule has 0 unspecified atom stereocenters. The lowest BCUT2D eigenvalue weighted by Gasteiger charge is -2.10. The Balaban J connectivity index is 1.66. The molecule has 1 amide bonds. The van der Waals surface area contributed by atoms with Crippen LogP contribution in [0.5, 0.6) is 0 Å². The minimum absolute atomic E-state index is 0.165. The van der Waals surface area contributed by atoms with Crippen molar-refractivity contribution in [1.29, 1.82) is 0 Å². The number of hydrogen-bond acceptors (Lipinski definition) is 3. The van der Waals surface area contributed by atoms with Crippen molar-refractivity contribution in [2.24, 2.45) is 5.92 Å². The summed E-state index contributed by atoms with van der Waals surface area (Å²) in [6.07, 6.45) is 0.909. The van der Waals surface area contributed by atoms with Gasteiger partial charge in [0.2, 0.25) is 0 Å². The van der Waals surface area contributed by atoms with E-state index in [0.717, 1.165) is 17.5 Å². The molecule has 30 heavy (non-hydrogen) atoms. The van der Waals surface area contributed by atoms with E-state index in [-0.39, 0.29) is 10.8 Å². The fourth-order valence-electron chi connectivity index (χ4n) is 2.94. The summed E-state index contributed by atoms with van der Waals surface area (Å²) in [6.45, 7) is 4.81. The molecule has 0 saturated heterocycles. The minimum Gasteiger partial charge on any atom is -0.352 e. The van der Waals surface area contributed by atoms with Gasteiger partial charge in [-0.15, -0.1) is 0 Å². The van der Waals surface area contributed by atoms with Crippen molar-refractivity contribution in [3.8, 4) is 11.1 Å². The monoisotopic (exact) mass is 422 g/mol. The van der Waals surface area contributed by atoms with Crippen molar-refractivity contribution in [2.75, 3.05) is 11.3 Å². The average Bonchev–Trinajstić information content (AvgIpc) is 2.74. The van der Waals surface area contributed by atoms with Gasteiger partial charge in [-0.05, 0) is 59.9 Å². The van der Waals surface area contributed by atoms with E-state index < -0.39 is 10.0 Å². The first-order chi connectivity index (χ1) is 14.3. The maximum Gasteiger partial charge on any atom is 0.261 e. The molecule has 0 saturated carbocycles. The van der Waals surface area contributed by atoms with Gasteiger partial charge in [-0.25, -0.2) is 8.42 Å². The predicted molar refractivity (Wildman–Crippen MR) is 121 cm³/mol. The third-order valence-electron chi connectivity index (χ3n) is 4.68. The standard InChI is InChI=1S/C24H26N2O3S/c1-18(2)16-17-25-24(27)21-8-12-22(13-9-21)26-30(28,29)23-14-10-20(11-15-23)19-6-4-3-5-7-19/h3-15,18,26H,16-17H2,1-2H3,(H,25,27). The van der Waals surface area contributed by atoms with E-state index in [2.05, 4.69) is 23.9 Å². The number of anilines is 1. The molecule has 0 atom stereocenters. The first kappa shape index (κ1) is 21.6. The Labute approximate surface area is 178 Å². The van der Waals surface area contributed by atoms with Crippen LogP contribution in [0.4, 0.5) is 5.69 Å². The van der Waals surface area contributed by atoms with Crippen LogP contribution >= 0.6 is 0 Å². The minimum atomic E-state index is -3.72. The molecule has 2 N–H and O–H groups in total. The molecule has 3 aromatic rings. The highest BCUT2D eigenvalue weighted by atomic mass is 32.2. The van der Waals surface area contributed by atoms with Crippen LogP contribution in [0.2, 0.25) is 0 Å². The van der Waals surface area contributed by atoms with Crippen molar-refractivity contribution in [3.05, 3.63) is 84.4 Å². The zero-order valence-corrected chi connectivity index (χ0v) is 17.9. The summed E-state index contributed by atoms with van der Waals surface area (Å²) >= 11 is 0. The predicted octanol–water partition coefficient (Wildman–Crippen LogP) is 4.93. The van der Waals surface area contributed by atoms with Crippen LogP contribution in [0.25, 0.3) is 11.1 Å². The number of carbonyl (C=O) groups excluding carboxylic acids is 1. The Kier molecular flexibility index (Phi) is 6.90. The Morgan fingerprint density at radius 3 is 2.03 bits per heavy atom. The molecule has 0 fully saturated rings. The van der Waals surface area contributed by atoms with E-state index in [0.29, 0.717) is 23.7 Å². The molecule has 5 nitrogen and oxygen atoms in total. The molecule has 0 aliphatic rings. The zero-order chi connectivity index (χ0) is 21.6. The van der Waals surface area contributed by atoms with Crippen LogP contribution in [0, 0.1) is 5.92 Å². The molecule has 3 aromatic carbocycles. The third kappa shape index (κ3) is 5.70. The normalized spacial score (nSPS) is 11.3. The molecule has 0 heterocycles. The smallest absolute Gasteiger partial charge is 0.261 e.